The summed E-state index contributed by atoms with van der Waals surface area (Å²) in [6.45, 7) is 7.05. The maximum absolute atomic E-state index is 13.2. The second kappa shape index (κ2) is 7.28. The molecule has 4 aromatic heterocycles. The van der Waals surface area contributed by atoms with Gasteiger partial charge in [0.2, 0.25) is 0 Å². The standard InChI is InChI=1S/C20H21N7O2S/c1-11-7-13(3)27-17(21-11)9-15(23-27)20(28)26-6-4-5-14(10-26)18-19(30-25-22-18)16-8-12(2)24-29-16/h7-9,14H,4-6,10H2,1-3H3/t14-/m1/s1. The fourth-order valence-corrected chi connectivity index (χ4v) is 4.74. The second-order valence-corrected chi connectivity index (χ2v) is 8.50. The Balaban J connectivity index is 1.41. The first-order valence-corrected chi connectivity index (χ1v) is 10.7. The molecule has 30 heavy (non-hydrogen) atoms. The quantitative estimate of drug-likeness (QED) is 0.499. The number of piperidine rings is 1. The van der Waals surface area contributed by atoms with Crippen molar-refractivity contribution < 1.29 is 9.32 Å². The molecule has 0 unspecified atom stereocenters. The minimum absolute atomic E-state index is 0.0810. The summed E-state index contributed by atoms with van der Waals surface area (Å²) in [6, 6.07) is 5.60. The summed E-state index contributed by atoms with van der Waals surface area (Å²) in [4.78, 5) is 20.4. The van der Waals surface area contributed by atoms with Crippen molar-refractivity contribution >= 4 is 23.1 Å². The third-order valence-electron chi connectivity index (χ3n) is 5.41. The molecule has 1 saturated heterocycles. The minimum atomic E-state index is -0.0810. The van der Waals surface area contributed by atoms with Gasteiger partial charge in [-0.2, -0.15) is 5.10 Å². The highest BCUT2D eigenvalue weighted by molar-refractivity contribution is 7.09. The first-order valence-electron chi connectivity index (χ1n) is 9.89. The maximum Gasteiger partial charge on any atom is 0.274 e. The van der Waals surface area contributed by atoms with Gasteiger partial charge in [-0.3, -0.25) is 4.79 Å². The van der Waals surface area contributed by atoms with Gasteiger partial charge in [0.05, 0.1) is 11.4 Å². The van der Waals surface area contributed by atoms with E-state index < -0.39 is 0 Å². The van der Waals surface area contributed by atoms with Gasteiger partial charge in [0.25, 0.3) is 5.91 Å². The lowest BCUT2D eigenvalue weighted by Gasteiger charge is -2.31. The number of hydrogen-bond acceptors (Lipinski definition) is 8. The summed E-state index contributed by atoms with van der Waals surface area (Å²) < 4.78 is 11.3. The zero-order valence-electron chi connectivity index (χ0n) is 17.0. The molecule has 1 atom stereocenters. The number of carbonyl (C=O) groups excluding carboxylic acids is 1. The Bertz CT molecular complexity index is 1240. The zero-order valence-corrected chi connectivity index (χ0v) is 17.8. The van der Waals surface area contributed by atoms with E-state index in [-0.39, 0.29) is 11.8 Å². The fourth-order valence-electron chi connectivity index (χ4n) is 4.04. The van der Waals surface area contributed by atoms with Crippen LogP contribution < -0.4 is 0 Å². The number of hydrogen-bond donors (Lipinski definition) is 0. The average molecular weight is 424 g/mol. The van der Waals surface area contributed by atoms with Crippen molar-refractivity contribution in [2.24, 2.45) is 0 Å². The molecule has 10 heteroatoms. The van der Waals surface area contributed by atoms with Gasteiger partial charge in [-0.15, -0.1) is 5.10 Å². The predicted octanol–water partition coefficient (Wildman–Crippen LogP) is 3.18. The molecular weight excluding hydrogens is 402 g/mol. The van der Waals surface area contributed by atoms with Crippen molar-refractivity contribution in [2.45, 2.75) is 39.5 Å². The van der Waals surface area contributed by atoms with Crippen LogP contribution in [0.2, 0.25) is 0 Å². The van der Waals surface area contributed by atoms with Gasteiger partial charge in [0.15, 0.2) is 17.1 Å². The Morgan fingerprint density at radius 3 is 2.87 bits per heavy atom. The van der Waals surface area contributed by atoms with Crippen molar-refractivity contribution in [1.82, 2.24) is 34.2 Å². The van der Waals surface area contributed by atoms with E-state index in [0.717, 1.165) is 40.5 Å². The predicted molar refractivity (Wildman–Crippen MR) is 110 cm³/mol. The van der Waals surface area contributed by atoms with Crippen LogP contribution in [0.5, 0.6) is 0 Å². The van der Waals surface area contributed by atoms with E-state index >= 15 is 0 Å². The van der Waals surface area contributed by atoms with Crippen LogP contribution in [-0.4, -0.2) is 53.2 Å². The van der Waals surface area contributed by atoms with Crippen LogP contribution in [-0.2, 0) is 0 Å². The number of carbonyl (C=O) groups is 1. The number of aromatic nitrogens is 6. The lowest BCUT2D eigenvalue weighted by Crippen LogP contribution is -2.39. The summed E-state index contributed by atoms with van der Waals surface area (Å²) in [5.74, 6) is 0.696. The van der Waals surface area contributed by atoms with Crippen molar-refractivity contribution in [2.75, 3.05) is 13.1 Å². The van der Waals surface area contributed by atoms with Gasteiger partial charge >= 0.3 is 0 Å². The van der Waals surface area contributed by atoms with Gasteiger partial charge < -0.3 is 9.42 Å². The van der Waals surface area contributed by atoms with E-state index in [1.165, 1.54) is 11.5 Å². The van der Waals surface area contributed by atoms with Crippen LogP contribution in [0.1, 0.15) is 52.0 Å². The highest BCUT2D eigenvalue weighted by Gasteiger charge is 2.31. The van der Waals surface area contributed by atoms with Crippen LogP contribution in [0.25, 0.3) is 16.3 Å². The first-order chi connectivity index (χ1) is 14.5. The Hall–Kier alpha value is -3.14. The second-order valence-electron chi connectivity index (χ2n) is 7.75. The maximum atomic E-state index is 13.2. The molecule has 0 N–H and O–H groups in total. The molecule has 1 aliphatic rings. The van der Waals surface area contributed by atoms with Crippen LogP contribution in [0, 0.1) is 20.8 Å². The Labute approximate surface area is 176 Å². The Morgan fingerprint density at radius 1 is 1.20 bits per heavy atom. The lowest BCUT2D eigenvalue weighted by molar-refractivity contribution is 0.0699. The summed E-state index contributed by atoms with van der Waals surface area (Å²) >= 11 is 1.30. The van der Waals surface area contributed by atoms with Gasteiger partial charge in [0, 0.05) is 42.5 Å². The van der Waals surface area contributed by atoms with E-state index in [4.69, 9.17) is 4.52 Å². The van der Waals surface area contributed by atoms with E-state index in [1.54, 1.807) is 10.6 Å². The van der Waals surface area contributed by atoms with E-state index in [1.807, 2.05) is 37.8 Å². The van der Waals surface area contributed by atoms with E-state index in [0.29, 0.717) is 30.2 Å². The van der Waals surface area contributed by atoms with Crippen LogP contribution >= 0.6 is 11.5 Å². The number of rotatable bonds is 3. The lowest BCUT2D eigenvalue weighted by atomic mass is 9.93. The topological polar surface area (TPSA) is 102 Å². The summed E-state index contributed by atoms with van der Waals surface area (Å²) in [7, 11) is 0. The van der Waals surface area contributed by atoms with Crippen LogP contribution in [0.4, 0.5) is 0 Å². The fraction of sp³-hybridized carbons (Fsp3) is 0.400. The molecule has 0 aromatic carbocycles. The SMILES string of the molecule is Cc1cc(-c2snnc2[C@@H]2CCCN(C(=O)c3cc4nc(C)cc(C)n4n3)C2)on1. The molecule has 0 aliphatic carbocycles. The summed E-state index contributed by atoms with van der Waals surface area (Å²) in [6.07, 6.45) is 1.84. The zero-order chi connectivity index (χ0) is 20.8. The van der Waals surface area contributed by atoms with Crippen LogP contribution in [0.15, 0.2) is 22.7 Å². The third kappa shape index (κ3) is 3.26. The molecular formula is C20H21N7O2S. The van der Waals surface area contributed by atoms with E-state index in [2.05, 4.69) is 24.8 Å². The van der Waals surface area contributed by atoms with E-state index in [9.17, 15) is 4.79 Å². The van der Waals surface area contributed by atoms with Gasteiger partial charge in [-0.05, 0) is 51.2 Å². The highest BCUT2D eigenvalue weighted by Crippen LogP contribution is 2.35. The molecule has 5 heterocycles. The largest absolute Gasteiger partial charge is 0.355 e. The normalized spacial score (nSPS) is 17.0. The first kappa shape index (κ1) is 18.9. The Kier molecular flexibility index (Phi) is 4.58. The van der Waals surface area contributed by atoms with Gasteiger partial charge in [0.1, 0.15) is 4.88 Å². The van der Waals surface area contributed by atoms with Crippen molar-refractivity contribution in [3.63, 3.8) is 0 Å². The number of nitrogens with zero attached hydrogens (tertiary/aromatic N) is 7. The molecule has 9 nitrogen and oxygen atoms in total. The molecule has 1 fully saturated rings. The molecule has 0 radical (unpaired) electrons. The van der Waals surface area contributed by atoms with Crippen molar-refractivity contribution in [3.8, 4) is 10.6 Å². The number of likely N-dealkylation sites (tertiary alicyclic amines) is 1. The monoisotopic (exact) mass is 423 g/mol. The summed E-state index contributed by atoms with van der Waals surface area (Å²) in [5.41, 5.74) is 4.65. The number of fused-ring (bicyclic) bond motifs is 1. The number of amides is 1. The smallest absolute Gasteiger partial charge is 0.274 e. The van der Waals surface area contributed by atoms with Crippen molar-refractivity contribution in [1.29, 1.82) is 0 Å². The Morgan fingerprint density at radius 2 is 2.07 bits per heavy atom. The molecule has 1 aliphatic heterocycles. The number of aryl methyl sites for hydroxylation is 3. The highest BCUT2D eigenvalue weighted by atomic mass is 32.1. The molecule has 154 valence electrons. The third-order valence-corrected chi connectivity index (χ3v) is 6.17. The molecule has 5 rings (SSSR count). The molecule has 0 spiro atoms. The summed E-state index contributed by atoms with van der Waals surface area (Å²) in [5, 5.41) is 12.8. The molecule has 0 bridgehead atoms. The van der Waals surface area contributed by atoms with Crippen molar-refractivity contribution in [3.05, 3.63) is 46.7 Å². The van der Waals surface area contributed by atoms with Crippen LogP contribution in [0.3, 0.4) is 0 Å². The molecule has 0 saturated carbocycles. The average Bonchev–Trinajstić information content (AvgIpc) is 3.46. The van der Waals surface area contributed by atoms with Gasteiger partial charge in [-0.25, -0.2) is 9.50 Å². The van der Waals surface area contributed by atoms with Gasteiger partial charge in [-0.1, -0.05) is 9.64 Å². The minimum Gasteiger partial charge on any atom is -0.355 e. The molecule has 1 amide bonds. The molecule has 4 aromatic rings.